The molecule has 4 nitrogen and oxygen atoms in total. The van der Waals surface area contributed by atoms with Crippen LogP contribution in [0.25, 0.3) is 10.8 Å². The zero-order chi connectivity index (χ0) is 14.7. The second kappa shape index (κ2) is 6.05. The highest BCUT2D eigenvalue weighted by Crippen LogP contribution is 2.21. The van der Waals surface area contributed by atoms with Gasteiger partial charge in [-0.15, -0.1) is 0 Å². The Labute approximate surface area is 120 Å². The monoisotopic (exact) mass is 290 g/mol. The largest absolute Gasteiger partial charge is 0.398 e. The van der Waals surface area contributed by atoms with Crippen LogP contribution in [0.5, 0.6) is 0 Å². The van der Waals surface area contributed by atoms with Gasteiger partial charge in [0.1, 0.15) is 0 Å². The van der Waals surface area contributed by atoms with Crippen molar-refractivity contribution in [1.29, 1.82) is 0 Å². The lowest BCUT2D eigenvalue weighted by atomic mass is 10.0. The Morgan fingerprint density at radius 2 is 1.90 bits per heavy atom. The highest BCUT2D eigenvalue weighted by atomic mass is 32.2. The third-order valence-electron chi connectivity index (χ3n) is 3.02. The lowest BCUT2D eigenvalue weighted by Crippen LogP contribution is -2.36. The first-order valence-electron chi connectivity index (χ1n) is 6.36. The number of fused-ring (bicyclic) bond motifs is 1. The smallest absolute Gasteiger partial charge is 0.253 e. The summed E-state index contributed by atoms with van der Waals surface area (Å²) in [5.41, 5.74) is 6.85. The van der Waals surface area contributed by atoms with Crippen molar-refractivity contribution in [1.82, 2.24) is 5.32 Å². The Kier molecular flexibility index (Phi) is 4.39. The average Bonchev–Trinajstić information content (AvgIpc) is 2.36. The lowest BCUT2D eigenvalue weighted by Gasteiger charge is -2.14. The summed E-state index contributed by atoms with van der Waals surface area (Å²) in [4.78, 5) is 12.2. The molecule has 2 rings (SSSR count). The normalized spacial score (nSPS) is 13.9. The van der Waals surface area contributed by atoms with Crippen molar-refractivity contribution in [3.05, 3.63) is 42.0 Å². The minimum Gasteiger partial charge on any atom is -0.398 e. The maximum atomic E-state index is 12.2. The van der Waals surface area contributed by atoms with Gasteiger partial charge < -0.3 is 11.1 Å². The quantitative estimate of drug-likeness (QED) is 0.845. The molecule has 3 N–H and O–H groups in total. The lowest BCUT2D eigenvalue weighted by molar-refractivity contribution is 0.0944. The van der Waals surface area contributed by atoms with Crippen LogP contribution in [0, 0.1) is 0 Å². The molecule has 0 spiro atoms. The van der Waals surface area contributed by atoms with Crippen LogP contribution in [0.3, 0.4) is 0 Å². The van der Waals surface area contributed by atoms with Gasteiger partial charge in [-0.25, -0.2) is 0 Å². The van der Waals surface area contributed by atoms with Gasteiger partial charge in [0.15, 0.2) is 0 Å². The SMILES string of the molecule is CC(CS(C)=O)NC(=O)c1cc2ccccc2cc1N. The molecule has 1 amide bonds. The molecule has 20 heavy (non-hydrogen) atoms. The molecule has 0 bridgehead atoms. The summed E-state index contributed by atoms with van der Waals surface area (Å²) in [5, 5.41) is 4.80. The first-order valence-corrected chi connectivity index (χ1v) is 8.09. The third kappa shape index (κ3) is 3.36. The van der Waals surface area contributed by atoms with Crippen molar-refractivity contribution < 1.29 is 9.00 Å². The van der Waals surface area contributed by atoms with E-state index >= 15 is 0 Å². The Morgan fingerprint density at radius 1 is 1.30 bits per heavy atom. The van der Waals surface area contributed by atoms with Crippen LogP contribution >= 0.6 is 0 Å². The van der Waals surface area contributed by atoms with Gasteiger partial charge in [-0.05, 0) is 29.8 Å². The maximum absolute atomic E-state index is 12.2. The molecule has 5 heteroatoms. The topological polar surface area (TPSA) is 72.2 Å². The van der Waals surface area contributed by atoms with Crippen molar-refractivity contribution in [2.45, 2.75) is 13.0 Å². The van der Waals surface area contributed by atoms with Crippen LogP contribution in [-0.2, 0) is 10.8 Å². The summed E-state index contributed by atoms with van der Waals surface area (Å²) in [6, 6.07) is 11.2. The van der Waals surface area contributed by atoms with E-state index in [1.165, 1.54) is 0 Å². The van der Waals surface area contributed by atoms with Gasteiger partial charge in [-0.1, -0.05) is 24.3 Å². The standard InChI is InChI=1S/C15H18N2O2S/c1-10(9-20(2)19)17-15(18)13-7-11-5-3-4-6-12(11)8-14(13)16/h3-8,10H,9,16H2,1-2H3,(H,17,18). The predicted molar refractivity (Wildman–Crippen MR) is 84.2 cm³/mol. The number of hydrogen-bond donors (Lipinski definition) is 2. The molecular weight excluding hydrogens is 272 g/mol. The molecule has 0 aliphatic carbocycles. The summed E-state index contributed by atoms with van der Waals surface area (Å²) in [5.74, 6) is 0.199. The molecule has 2 aromatic carbocycles. The molecule has 0 saturated carbocycles. The fourth-order valence-corrected chi connectivity index (χ4v) is 2.94. The third-order valence-corrected chi connectivity index (χ3v) is 3.99. The first kappa shape index (κ1) is 14.5. The average molecular weight is 290 g/mol. The van der Waals surface area contributed by atoms with Crippen LogP contribution in [0.1, 0.15) is 17.3 Å². The van der Waals surface area contributed by atoms with E-state index in [0.717, 1.165) is 10.8 Å². The first-order chi connectivity index (χ1) is 9.47. The summed E-state index contributed by atoms with van der Waals surface area (Å²) in [6.45, 7) is 1.83. The highest BCUT2D eigenvalue weighted by molar-refractivity contribution is 7.84. The van der Waals surface area contributed by atoms with Gasteiger partial charge in [-0.2, -0.15) is 0 Å². The predicted octanol–water partition coefficient (Wildman–Crippen LogP) is 1.92. The fraction of sp³-hybridized carbons (Fsp3) is 0.267. The van der Waals surface area contributed by atoms with E-state index in [2.05, 4.69) is 5.32 Å². The maximum Gasteiger partial charge on any atom is 0.253 e. The van der Waals surface area contributed by atoms with Crippen LogP contribution in [0.15, 0.2) is 36.4 Å². The molecule has 2 aromatic rings. The van der Waals surface area contributed by atoms with E-state index < -0.39 is 10.8 Å². The molecule has 0 saturated heterocycles. The minimum absolute atomic E-state index is 0.154. The number of nitrogens with one attached hydrogen (secondary N) is 1. The number of benzene rings is 2. The molecule has 0 aliphatic heterocycles. The van der Waals surface area contributed by atoms with Crippen LogP contribution < -0.4 is 11.1 Å². The Balaban J connectivity index is 2.25. The van der Waals surface area contributed by atoms with Gasteiger partial charge in [0, 0.05) is 34.5 Å². The van der Waals surface area contributed by atoms with E-state index in [1.54, 1.807) is 18.4 Å². The minimum atomic E-state index is -0.942. The number of rotatable bonds is 4. The molecule has 0 aliphatic rings. The molecule has 2 unspecified atom stereocenters. The highest BCUT2D eigenvalue weighted by Gasteiger charge is 2.14. The van der Waals surface area contributed by atoms with E-state index in [1.807, 2.05) is 31.2 Å². The fourth-order valence-electron chi connectivity index (χ4n) is 2.15. The molecule has 0 radical (unpaired) electrons. The van der Waals surface area contributed by atoms with Crippen molar-refractivity contribution >= 4 is 33.2 Å². The Hall–Kier alpha value is -1.88. The second-order valence-corrected chi connectivity index (χ2v) is 6.38. The molecule has 0 fully saturated rings. The summed E-state index contributed by atoms with van der Waals surface area (Å²) < 4.78 is 11.1. The molecule has 2 atom stereocenters. The number of hydrogen-bond acceptors (Lipinski definition) is 3. The van der Waals surface area contributed by atoms with Crippen molar-refractivity contribution in [2.75, 3.05) is 17.7 Å². The van der Waals surface area contributed by atoms with Gasteiger partial charge in [0.05, 0.1) is 5.56 Å². The number of anilines is 1. The molecule has 0 aromatic heterocycles. The van der Waals surface area contributed by atoms with Crippen molar-refractivity contribution in [3.63, 3.8) is 0 Å². The van der Waals surface area contributed by atoms with Gasteiger partial charge >= 0.3 is 0 Å². The number of amides is 1. The van der Waals surface area contributed by atoms with Crippen molar-refractivity contribution in [3.8, 4) is 0 Å². The number of carbonyl (C=O) groups is 1. The van der Waals surface area contributed by atoms with Crippen LogP contribution in [0.4, 0.5) is 5.69 Å². The van der Waals surface area contributed by atoms with Gasteiger partial charge in [-0.3, -0.25) is 9.00 Å². The molecular formula is C15H18N2O2S. The van der Waals surface area contributed by atoms with Gasteiger partial charge in [0.2, 0.25) is 0 Å². The summed E-state index contributed by atoms with van der Waals surface area (Å²) >= 11 is 0. The van der Waals surface area contributed by atoms with E-state index in [9.17, 15) is 9.00 Å². The summed E-state index contributed by atoms with van der Waals surface area (Å²) in [7, 11) is -0.942. The number of nitrogen functional groups attached to an aromatic ring is 1. The van der Waals surface area contributed by atoms with E-state index in [0.29, 0.717) is 17.0 Å². The van der Waals surface area contributed by atoms with E-state index in [-0.39, 0.29) is 11.9 Å². The zero-order valence-electron chi connectivity index (χ0n) is 11.6. The number of nitrogens with two attached hydrogens (primary N) is 1. The van der Waals surface area contributed by atoms with E-state index in [4.69, 9.17) is 5.73 Å². The second-order valence-electron chi connectivity index (χ2n) is 4.90. The Morgan fingerprint density at radius 3 is 2.50 bits per heavy atom. The number of carbonyl (C=O) groups excluding carboxylic acids is 1. The van der Waals surface area contributed by atoms with Crippen LogP contribution in [-0.4, -0.2) is 28.2 Å². The zero-order valence-corrected chi connectivity index (χ0v) is 12.4. The van der Waals surface area contributed by atoms with Gasteiger partial charge in [0.25, 0.3) is 5.91 Å². The summed E-state index contributed by atoms with van der Waals surface area (Å²) in [6.07, 6.45) is 1.62. The van der Waals surface area contributed by atoms with Crippen LogP contribution in [0.2, 0.25) is 0 Å². The molecule has 106 valence electrons. The Bertz CT molecular complexity index is 670. The molecule has 0 heterocycles. The van der Waals surface area contributed by atoms with Crippen molar-refractivity contribution in [2.24, 2.45) is 0 Å².